The van der Waals surface area contributed by atoms with Crippen molar-refractivity contribution < 1.29 is 38.0 Å². The zero-order chi connectivity index (χ0) is 42.0. The third kappa shape index (κ3) is 12.1. The van der Waals surface area contributed by atoms with Crippen LogP contribution in [0.1, 0.15) is 82.4 Å². The van der Waals surface area contributed by atoms with E-state index in [0.29, 0.717) is 50.2 Å². The van der Waals surface area contributed by atoms with Gasteiger partial charge in [-0.2, -0.15) is 0 Å². The van der Waals surface area contributed by atoms with Crippen molar-refractivity contribution in [1.82, 2.24) is 30.9 Å². The van der Waals surface area contributed by atoms with Gasteiger partial charge in [0.05, 0.1) is 24.8 Å². The second-order valence-corrected chi connectivity index (χ2v) is 16.4. The normalized spacial score (nSPS) is 20.3. The monoisotopic (exact) mass is 798 g/mol. The van der Waals surface area contributed by atoms with Gasteiger partial charge >= 0.3 is 0 Å². The summed E-state index contributed by atoms with van der Waals surface area (Å²) < 4.78 is 10.8. The smallest absolute Gasteiger partial charge is 0.246 e. The van der Waals surface area contributed by atoms with Gasteiger partial charge in [0, 0.05) is 45.5 Å². The van der Waals surface area contributed by atoms with Gasteiger partial charge in [-0.25, -0.2) is 0 Å². The highest BCUT2D eigenvalue weighted by molar-refractivity contribution is 5.99. The van der Waals surface area contributed by atoms with E-state index in [1.165, 1.54) is 9.80 Å². The minimum absolute atomic E-state index is 0.00963. The fourth-order valence-corrected chi connectivity index (χ4v) is 7.38. The van der Waals surface area contributed by atoms with Crippen LogP contribution in [-0.4, -0.2) is 107 Å². The number of nitrogens with one attached hydrogen (secondary N) is 3. The van der Waals surface area contributed by atoms with Gasteiger partial charge in [-0.3, -0.25) is 28.8 Å². The Bertz CT molecular complexity index is 1890. The number of benzene rings is 2. The van der Waals surface area contributed by atoms with Crippen LogP contribution >= 0.6 is 0 Å². The van der Waals surface area contributed by atoms with Crippen LogP contribution in [0.25, 0.3) is 0 Å². The first kappa shape index (κ1) is 43.7. The highest BCUT2D eigenvalue weighted by Gasteiger charge is 2.51. The molecule has 0 spiro atoms. The Kier molecular flexibility index (Phi) is 15.0. The van der Waals surface area contributed by atoms with Gasteiger partial charge in [0.25, 0.3) is 0 Å². The minimum Gasteiger partial charge on any atom is -0.361 e. The summed E-state index contributed by atoms with van der Waals surface area (Å²) >= 11 is 0. The lowest BCUT2D eigenvalue weighted by atomic mass is 9.92. The zero-order valence-corrected chi connectivity index (χ0v) is 34.5. The third-order valence-corrected chi connectivity index (χ3v) is 10.7. The van der Waals surface area contributed by atoms with Crippen molar-refractivity contribution in [3.05, 3.63) is 89.3 Å². The van der Waals surface area contributed by atoms with Crippen molar-refractivity contribution in [1.29, 1.82) is 0 Å². The van der Waals surface area contributed by atoms with E-state index in [0.717, 1.165) is 11.1 Å². The van der Waals surface area contributed by atoms with E-state index in [1.807, 2.05) is 81.4 Å². The number of amides is 5. The quantitative estimate of drug-likeness (QED) is 0.136. The molecule has 312 valence electrons. The molecule has 5 rings (SSSR count). The van der Waals surface area contributed by atoms with Gasteiger partial charge < -0.3 is 35.0 Å². The van der Waals surface area contributed by atoms with Crippen LogP contribution in [0.4, 0.5) is 0 Å². The molecule has 2 fully saturated rings. The molecular formula is C44H58N6O8. The number of likely N-dealkylation sites (tertiary alicyclic amines) is 1. The number of ether oxygens (including phenoxy) is 1. The molecule has 3 N–H and O–H groups in total. The van der Waals surface area contributed by atoms with Crippen LogP contribution in [-0.2, 0) is 59.2 Å². The van der Waals surface area contributed by atoms with Gasteiger partial charge in [0.1, 0.15) is 29.5 Å². The second kappa shape index (κ2) is 19.9. The van der Waals surface area contributed by atoms with Crippen molar-refractivity contribution in [2.45, 2.75) is 121 Å². The van der Waals surface area contributed by atoms with Gasteiger partial charge in [0.2, 0.25) is 29.5 Å². The molecule has 1 aromatic heterocycles. The van der Waals surface area contributed by atoms with E-state index in [9.17, 15) is 28.8 Å². The molecule has 6 atom stereocenters. The van der Waals surface area contributed by atoms with E-state index in [2.05, 4.69) is 21.1 Å². The topological polar surface area (TPSA) is 184 Å². The number of ketones is 1. The average molecular weight is 799 g/mol. The number of Topliss-reactive ketones (excluding diaryl/α,β-unsaturated/α-hetero) is 1. The summed E-state index contributed by atoms with van der Waals surface area (Å²) in [4.78, 5) is 84.3. The summed E-state index contributed by atoms with van der Waals surface area (Å²) in [6, 6.07) is 16.5. The number of hydrogen-bond donors (Lipinski definition) is 3. The lowest BCUT2D eigenvalue weighted by Crippen LogP contribution is -2.57. The largest absolute Gasteiger partial charge is 0.361 e. The lowest BCUT2D eigenvalue weighted by Gasteiger charge is -2.33. The average Bonchev–Trinajstić information content (AvgIpc) is 3.69. The molecule has 1 unspecified atom stereocenters. The Morgan fingerprint density at radius 3 is 2.21 bits per heavy atom. The van der Waals surface area contributed by atoms with E-state index < -0.39 is 59.4 Å². The number of hydrogen-bond acceptors (Lipinski definition) is 9. The van der Waals surface area contributed by atoms with Crippen LogP contribution in [0.2, 0.25) is 0 Å². The molecule has 0 bridgehead atoms. The zero-order valence-electron chi connectivity index (χ0n) is 34.5. The van der Waals surface area contributed by atoms with Crippen LogP contribution in [0.5, 0.6) is 0 Å². The highest BCUT2D eigenvalue weighted by atomic mass is 16.6. The van der Waals surface area contributed by atoms with Gasteiger partial charge in [-0.15, -0.1) is 0 Å². The van der Waals surface area contributed by atoms with Crippen LogP contribution < -0.4 is 16.0 Å². The standard InChI is InChI=1S/C44H58N6O8/c1-28(2)22-35(40(53)44(4)27-57-44)46-42(55)37(24-31-16-11-8-12-17-31)50-29(3)23-36(43(50)56)47-41(54)34(21-20-30-14-9-7-10-15-30)45-38(51)26-32-25-33(58-48-32)18-13-19-39(52)49(5)6/h7-12,14-17,25,28-29,34-37H,13,18-24,26-27H2,1-6H3,(H,45,51)(H,46,55)(H,47,54)/t29?,34-,35-,36-,37-,44+/m0/s1. The lowest BCUT2D eigenvalue weighted by molar-refractivity contribution is -0.142. The molecular weight excluding hydrogens is 741 g/mol. The molecule has 0 aliphatic carbocycles. The maximum atomic E-state index is 14.3. The van der Waals surface area contributed by atoms with Gasteiger partial charge in [-0.05, 0) is 63.0 Å². The number of rotatable bonds is 21. The summed E-state index contributed by atoms with van der Waals surface area (Å²) in [5.74, 6) is -1.36. The Morgan fingerprint density at radius 2 is 1.59 bits per heavy atom. The van der Waals surface area contributed by atoms with E-state index >= 15 is 0 Å². The third-order valence-electron chi connectivity index (χ3n) is 10.7. The van der Waals surface area contributed by atoms with Crippen molar-refractivity contribution in [2.75, 3.05) is 20.7 Å². The molecule has 58 heavy (non-hydrogen) atoms. The molecule has 2 saturated heterocycles. The molecule has 0 saturated carbocycles. The van der Waals surface area contributed by atoms with E-state index in [4.69, 9.17) is 9.26 Å². The van der Waals surface area contributed by atoms with Crippen LogP contribution in [0, 0.1) is 5.92 Å². The number of aromatic nitrogens is 1. The molecule has 14 nitrogen and oxygen atoms in total. The molecule has 2 aliphatic heterocycles. The Labute approximate surface area is 340 Å². The first-order chi connectivity index (χ1) is 27.6. The number of aryl methyl sites for hydroxylation is 2. The molecule has 2 aliphatic rings. The Balaban J connectivity index is 1.28. The first-order valence-electron chi connectivity index (χ1n) is 20.3. The van der Waals surface area contributed by atoms with Gasteiger partial charge in [-0.1, -0.05) is 79.7 Å². The molecule has 0 radical (unpaired) electrons. The fraction of sp³-hybridized carbons (Fsp3) is 0.523. The summed E-state index contributed by atoms with van der Waals surface area (Å²) in [6.45, 7) is 7.80. The fourth-order valence-electron chi connectivity index (χ4n) is 7.38. The minimum atomic E-state index is -0.981. The van der Waals surface area contributed by atoms with Crippen LogP contribution in [0.3, 0.4) is 0 Å². The summed E-state index contributed by atoms with van der Waals surface area (Å²) in [5, 5.41) is 12.7. The van der Waals surface area contributed by atoms with Crippen molar-refractivity contribution >= 4 is 35.3 Å². The molecule has 5 amide bonds. The molecule has 3 aromatic rings. The summed E-state index contributed by atoms with van der Waals surface area (Å²) in [6.07, 6.45) is 2.88. The molecule has 2 aromatic carbocycles. The summed E-state index contributed by atoms with van der Waals surface area (Å²) in [7, 11) is 3.40. The molecule has 14 heteroatoms. The van der Waals surface area contributed by atoms with E-state index in [-0.39, 0.29) is 43.3 Å². The second-order valence-electron chi connectivity index (χ2n) is 16.4. The van der Waals surface area contributed by atoms with Crippen molar-refractivity contribution in [3.8, 4) is 0 Å². The maximum absolute atomic E-state index is 14.3. The van der Waals surface area contributed by atoms with Crippen molar-refractivity contribution in [2.24, 2.45) is 5.92 Å². The van der Waals surface area contributed by atoms with Gasteiger partial charge in [0.15, 0.2) is 5.78 Å². The Hall–Kier alpha value is -5.37. The maximum Gasteiger partial charge on any atom is 0.246 e. The predicted octanol–water partition coefficient (Wildman–Crippen LogP) is 3.35. The number of epoxide rings is 1. The molecule has 3 heterocycles. The SMILES string of the molecule is CC(C)C[C@H](NC(=O)[C@H](Cc1ccccc1)N1C(=O)[C@@H](NC(=O)[C@H](CCc2ccccc2)NC(=O)Cc2cc(CCCC(=O)N(C)C)on2)CC1C)C(=O)[C@@]1(C)CO1. The number of carbonyl (C=O) groups is 6. The van der Waals surface area contributed by atoms with Crippen molar-refractivity contribution in [3.63, 3.8) is 0 Å². The number of nitrogens with zero attached hydrogens (tertiary/aromatic N) is 3. The predicted molar refractivity (Wildman–Crippen MR) is 216 cm³/mol. The number of carbonyl (C=O) groups excluding carboxylic acids is 6. The first-order valence-corrected chi connectivity index (χ1v) is 20.3. The highest BCUT2D eigenvalue weighted by Crippen LogP contribution is 2.30. The van der Waals surface area contributed by atoms with Crippen LogP contribution in [0.15, 0.2) is 71.3 Å². The van der Waals surface area contributed by atoms with E-state index in [1.54, 1.807) is 27.1 Å². The Morgan fingerprint density at radius 1 is 0.931 bits per heavy atom. The summed E-state index contributed by atoms with van der Waals surface area (Å²) in [5.41, 5.74) is 1.27.